The molecule has 0 unspecified atom stereocenters. The number of anilines is 2. The van der Waals surface area contributed by atoms with Crippen molar-refractivity contribution < 1.29 is 9.59 Å². The van der Waals surface area contributed by atoms with E-state index in [1.165, 1.54) is 5.56 Å². The average Bonchev–Trinajstić information content (AvgIpc) is 2.86. The molecule has 2 aromatic rings. The van der Waals surface area contributed by atoms with Crippen molar-refractivity contribution in [2.75, 3.05) is 10.2 Å². The number of nitrogens with zero attached hydrogens (tertiary/aromatic N) is 1. The molecule has 1 amide bonds. The third-order valence-electron chi connectivity index (χ3n) is 6.56. The monoisotopic (exact) mass is 430 g/mol. The molecule has 1 aliphatic carbocycles. The molecular formula is C28H34N2O2. The van der Waals surface area contributed by atoms with Crippen LogP contribution in [-0.4, -0.2) is 11.7 Å². The van der Waals surface area contributed by atoms with Crippen molar-refractivity contribution in [2.45, 2.75) is 72.3 Å². The van der Waals surface area contributed by atoms with E-state index >= 15 is 0 Å². The second kappa shape index (κ2) is 7.91. The third kappa shape index (κ3) is 3.99. The first kappa shape index (κ1) is 22.3. The lowest BCUT2D eigenvalue weighted by atomic mass is 9.73. The Morgan fingerprint density at radius 1 is 1.06 bits per heavy atom. The van der Waals surface area contributed by atoms with E-state index in [1.54, 1.807) is 0 Å². The van der Waals surface area contributed by atoms with Gasteiger partial charge in [0.1, 0.15) is 0 Å². The second-order valence-corrected chi connectivity index (χ2v) is 10.9. The zero-order valence-corrected chi connectivity index (χ0v) is 20.1. The van der Waals surface area contributed by atoms with Gasteiger partial charge < -0.3 is 5.32 Å². The van der Waals surface area contributed by atoms with Gasteiger partial charge in [0.05, 0.1) is 17.4 Å². The molecule has 1 aliphatic heterocycles. The molecule has 168 valence electrons. The van der Waals surface area contributed by atoms with Gasteiger partial charge in [0.25, 0.3) is 0 Å². The molecule has 0 saturated carbocycles. The van der Waals surface area contributed by atoms with E-state index in [1.807, 2.05) is 36.1 Å². The minimum Gasteiger partial charge on any atom is -0.357 e. The molecule has 4 nitrogen and oxygen atoms in total. The molecule has 32 heavy (non-hydrogen) atoms. The molecule has 1 atom stereocenters. The van der Waals surface area contributed by atoms with Crippen molar-refractivity contribution in [1.82, 2.24) is 0 Å². The largest absolute Gasteiger partial charge is 0.357 e. The van der Waals surface area contributed by atoms with Crippen LogP contribution in [0.15, 0.2) is 59.8 Å². The van der Waals surface area contributed by atoms with E-state index in [0.717, 1.165) is 34.6 Å². The van der Waals surface area contributed by atoms with Crippen molar-refractivity contribution >= 4 is 23.1 Å². The highest BCUT2D eigenvalue weighted by Gasteiger charge is 2.42. The number of para-hydroxylation sites is 2. The van der Waals surface area contributed by atoms with Crippen LogP contribution in [0.3, 0.4) is 0 Å². The summed E-state index contributed by atoms with van der Waals surface area (Å²) in [6.45, 7) is 12.7. The fourth-order valence-corrected chi connectivity index (χ4v) is 4.91. The van der Waals surface area contributed by atoms with Gasteiger partial charge >= 0.3 is 0 Å². The summed E-state index contributed by atoms with van der Waals surface area (Å²) >= 11 is 0. The molecule has 1 N–H and O–H groups in total. The van der Waals surface area contributed by atoms with Crippen LogP contribution in [0.1, 0.15) is 78.0 Å². The van der Waals surface area contributed by atoms with Gasteiger partial charge in [-0.25, -0.2) is 0 Å². The highest BCUT2D eigenvalue weighted by Crippen LogP contribution is 2.48. The minimum absolute atomic E-state index is 0.00975. The fraction of sp³-hybridized carbons (Fsp3) is 0.429. The smallest absolute Gasteiger partial charge is 0.227 e. The molecule has 0 spiro atoms. The minimum atomic E-state index is -0.439. The summed E-state index contributed by atoms with van der Waals surface area (Å²) in [5.74, 6) is 0.130. The molecule has 4 rings (SSSR count). The quantitative estimate of drug-likeness (QED) is 0.589. The topological polar surface area (TPSA) is 49.4 Å². The van der Waals surface area contributed by atoms with E-state index in [9.17, 15) is 9.59 Å². The highest BCUT2D eigenvalue weighted by molar-refractivity contribution is 6.06. The summed E-state index contributed by atoms with van der Waals surface area (Å²) in [6, 6.07) is 15.9. The Morgan fingerprint density at radius 3 is 2.34 bits per heavy atom. The van der Waals surface area contributed by atoms with Crippen LogP contribution in [-0.2, 0) is 15.0 Å². The first-order valence-electron chi connectivity index (χ1n) is 11.6. The van der Waals surface area contributed by atoms with Crippen LogP contribution in [0.25, 0.3) is 0 Å². The Kier molecular flexibility index (Phi) is 5.52. The van der Waals surface area contributed by atoms with Gasteiger partial charge in [-0.2, -0.15) is 0 Å². The lowest BCUT2D eigenvalue weighted by Gasteiger charge is -2.37. The number of fused-ring (bicyclic) bond motifs is 1. The maximum atomic E-state index is 13.6. The molecule has 2 aromatic carbocycles. The Balaban J connectivity index is 1.97. The maximum Gasteiger partial charge on any atom is 0.227 e. The lowest BCUT2D eigenvalue weighted by molar-refractivity contribution is -0.119. The number of allylic oxidation sites excluding steroid dienone is 1. The van der Waals surface area contributed by atoms with E-state index in [-0.39, 0.29) is 22.5 Å². The van der Waals surface area contributed by atoms with Crippen molar-refractivity contribution in [3.8, 4) is 0 Å². The molecule has 0 radical (unpaired) electrons. The van der Waals surface area contributed by atoms with Crippen LogP contribution in [0.5, 0.6) is 0 Å². The van der Waals surface area contributed by atoms with Gasteiger partial charge in [0.2, 0.25) is 5.91 Å². The van der Waals surface area contributed by atoms with Crippen LogP contribution in [0.2, 0.25) is 0 Å². The highest BCUT2D eigenvalue weighted by atomic mass is 16.2. The van der Waals surface area contributed by atoms with Gasteiger partial charge in [-0.3, -0.25) is 14.5 Å². The standard InChI is InChI=1S/C28H34N2O2/c1-7-24(32)30-22-11-9-8-10-20(22)29-21-16-28(5,6)17-23(31)25(21)26(30)18-12-14-19(15-13-18)27(2,3)4/h8-15,26,29H,7,16-17H2,1-6H3/t26-/m1/s1. The molecule has 4 heteroatoms. The number of benzene rings is 2. The number of hydrogen-bond donors (Lipinski definition) is 1. The van der Waals surface area contributed by atoms with E-state index in [4.69, 9.17) is 0 Å². The summed E-state index contributed by atoms with van der Waals surface area (Å²) in [5.41, 5.74) is 5.48. The Labute approximate surface area is 191 Å². The molecular weight excluding hydrogens is 396 g/mol. The average molecular weight is 431 g/mol. The summed E-state index contributed by atoms with van der Waals surface area (Å²) in [5, 5.41) is 3.56. The van der Waals surface area contributed by atoms with Crippen LogP contribution in [0, 0.1) is 5.41 Å². The number of nitrogens with one attached hydrogen (secondary N) is 1. The zero-order valence-electron chi connectivity index (χ0n) is 20.1. The second-order valence-electron chi connectivity index (χ2n) is 10.9. The van der Waals surface area contributed by atoms with Crippen molar-refractivity contribution in [3.05, 3.63) is 70.9 Å². The van der Waals surface area contributed by atoms with Crippen molar-refractivity contribution in [1.29, 1.82) is 0 Å². The van der Waals surface area contributed by atoms with Gasteiger partial charge in [-0.1, -0.05) is 77.9 Å². The number of amides is 1. The van der Waals surface area contributed by atoms with Gasteiger partial charge in [-0.05, 0) is 40.5 Å². The molecule has 0 bridgehead atoms. The summed E-state index contributed by atoms with van der Waals surface area (Å²) in [6.07, 6.45) is 1.62. The number of Topliss-reactive ketones (excluding diaryl/α,β-unsaturated/α-hetero) is 1. The number of carbonyl (C=O) groups excluding carboxylic acids is 2. The fourth-order valence-electron chi connectivity index (χ4n) is 4.91. The van der Waals surface area contributed by atoms with E-state index in [0.29, 0.717) is 12.8 Å². The molecule has 0 saturated heterocycles. The van der Waals surface area contributed by atoms with Crippen LogP contribution >= 0.6 is 0 Å². The third-order valence-corrected chi connectivity index (χ3v) is 6.56. The van der Waals surface area contributed by atoms with Crippen LogP contribution < -0.4 is 10.2 Å². The zero-order chi connectivity index (χ0) is 23.3. The Morgan fingerprint density at radius 2 is 1.72 bits per heavy atom. The van der Waals surface area contributed by atoms with Crippen molar-refractivity contribution in [2.24, 2.45) is 5.41 Å². The van der Waals surface area contributed by atoms with E-state index in [2.05, 4.69) is 64.2 Å². The molecule has 2 aliphatic rings. The number of rotatable bonds is 2. The lowest BCUT2D eigenvalue weighted by Crippen LogP contribution is -2.39. The van der Waals surface area contributed by atoms with Crippen LogP contribution in [0.4, 0.5) is 11.4 Å². The van der Waals surface area contributed by atoms with Gasteiger partial charge in [-0.15, -0.1) is 0 Å². The Bertz CT molecular complexity index is 1090. The number of hydrogen-bond acceptors (Lipinski definition) is 3. The molecule has 1 heterocycles. The summed E-state index contributed by atoms with van der Waals surface area (Å²) in [4.78, 5) is 28.8. The predicted molar refractivity (Wildman–Crippen MR) is 131 cm³/mol. The maximum absolute atomic E-state index is 13.6. The van der Waals surface area contributed by atoms with Gasteiger partial charge in [0.15, 0.2) is 5.78 Å². The summed E-state index contributed by atoms with van der Waals surface area (Å²) in [7, 11) is 0. The SMILES string of the molecule is CCC(=O)N1c2ccccc2NC2=C(C(=O)CC(C)(C)C2)[C@H]1c1ccc(C(C)(C)C)cc1. The van der Waals surface area contributed by atoms with Gasteiger partial charge in [0, 0.05) is 24.1 Å². The first-order valence-corrected chi connectivity index (χ1v) is 11.6. The normalized spacial score (nSPS) is 20.2. The first-order chi connectivity index (χ1) is 15.0. The molecule has 0 fully saturated rings. The van der Waals surface area contributed by atoms with Crippen molar-refractivity contribution in [3.63, 3.8) is 0 Å². The number of ketones is 1. The predicted octanol–water partition coefficient (Wildman–Crippen LogP) is 6.54. The number of carbonyl (C=O) groups is 2. The van der Waals surface area contributed by atoms with E-state index < -0.39 is 6.04 Å². The summed E-state index contributed by atoms with van der Waals surface area (Å²) < 4.78 is 0. The molecule has 0 aromatic heterocycles. The Hall–Kier alpha value is -2.88.